The predicted octanol–water partition coefficient (Wildman–Crippen LogP) is 2.04. The van der Waals surface area contributed by atoms with Gasteiger partial charge in [-0.1, -0.05) is 6.92 Å². The van der Waals surface area contributed by atoms with Crippen molar-refractivity contribution < 1.29 is 9.47 Å². The van der Waals surface area contributed by atoms with Gasteiger partial charge in [0.15, 0.2) is 0 Å². The third-order valence-electron chi connectivity index (χ3n) is 5.39. The maximum atomic E-state index is 5.83. The molecule has 0 aromatic heterocycles. The minimum atomic E-state index is 0.412. The van der Waals surface area contributed by atoms with E-state index in [2.05, 4.69) is 17.1 Å². The summed E-state index contributed by atoms with van der Waals surface area (Å²) in [6.07, 6.45) is 8.11. The van der Waals surface area contributed by atoms with Crippen molar-refractivity contribution >= 4 is 0 Å². The molecule has 0 radical (unpaired) electrons. The highest BCUT2D eigenvalue weighted by atomic mass is 16.5. The lowest BCUT2D eigenvalue weighted by Gasteiger charge is -2.41. The summed E-state index contributed by atoms with van der Waals surface area (Å²) in [5.41, 5.74) is 0.412. The van der Waals surface area contributed by atoms with Crippen LogP contribution in [0.2, 0.25) is 0 Å². The van der Waals surface area contributed by atoms with Gasteiger partial charge in [-0.15, -0.1) is 0 Å². The average molecular weight is 296 g/mol. The van der Waals surface area contributed by atoms with Crippen LogP contribution in [0, 0.1) is 5.41 Å². The van der Waals surface area contributed by atoms with Gasteiger partial charge in [-0.25, -0.2) is 0 Å². The lowest BCUT2D eigenvalue weighted by Crippen LogP contribution is -2.49. The number of nitrogens with zero attached hydrogens (tertiary/aromatic N) is 1. The van der Waals surface area contributed by atoms with E-state index in [1.54, 1.807) is 0 Å². The Hall–Kier alpha value is -0.160. The van der Waals surface area contributed by atoms with Gasteiger partial charge in [0.25, 0.3) is 0 Å². The van der Waals surface area contributed by atoms with Crippen LogP contribution in [0.1, 0.15) is 45.4 Å². The molecule has 2 saturated heterocycles. The van der Waals surface area contributed by atoms with Crippen molar-refractivity contribution in [2.75, 3.05) is 46.0 Å². The number of hydrogen-bond acceptors (Lipinski definition) is 4. The van der Waals surface area contributed by atoms with Crippen molar-refractivity contribution in [3.05, 3.63) is 0 Å². The molecule has 1 atom stereocenters. The fraction of sp³-hybridized carbons (Fsp3) is 1.00. The van der Waals surface area contributed by atoms with Crippen molar-refractivity contribution in [1.82, 2.24) is 10.2 Å². The second-order valence-electron chi connectivity index (χ2n) is 7.23. The van der Waals surface area contributed by atoms with Gasteiger partial charge in [0, 0.05) is 45.5 Å². The zero-order valence-corrected chi connectivity index (χ0v) is 13.6. The van der Waals surface area contributed by atoms with Crippen LogP contribution in [-0.4, -0.2) is 63.0 Å². The molecule has 0 bridgehead atoms. The first-order valence-corrected chi connectivity index (χ1v) is 8.95. The maximum Gasteiger partial charge on any atom is 0.0702 e. The van der Waals surface area contributed by atoms with Crippen molar-refractivity contribution in [3.63, 3.8) is 0 Å². The van der Waals surface area contributed by atoms with Crippen LogP contribution in [0.3, 0.4) is 0 Å². The number of rotatable bonds is 8. The lowest BCUT2D eigenvalue weighted by molar-refractivity contribution is -0.0130. The van der Waals surface area contributed by atoms with E-state index in [0.29, 0.717) is 11.5 Å². The zero-order valence-electron chi connectivity index (χ0n) is 13.6. The van der Waals surface area contributed by atoms with Crippen molar-refractivity contribution in [2.24, 2.45) is 5.41 Å². The first-order valence-electron chi connectivity index (χ1n) is 8.95. The van der Waals surface area contributed by atoms with Crippen LogP contribution < -0.4 is 5.32 Å². The van der Waals surface area contributed by atoms with Gasteiger partial charge >= 0.3 is 0 Å². The second kappa shape index (κ2) is 7.40. The van der Waals surface area contributed by atoms with Crippen molar-refractivity contribution in [1.29, 1.82) is 0 Å². The normalized spacial score (nSPS) is 29.1. The molecule has 2 heterocycles. The highest BCUT2D eigenvalue weighted by molar-refractivity contribution is 4.91. The number of nitrogens with one attached hydrogen (secondary N) is 1. The SMILES string of the molecule is CCN(CC1CCCO1)CC1(CNC2CC2)CCOCC1. The predicted molar refractivity (Wildman–Crippen MR) is 84.6 cm³/mol. The van der Waals surface area contributed by atoms with Crippen molar-refractivity contribution in [3.8, 4) is 0 Å². The highest BCUT2D eigenvalue weighted by Gasteiger charge is 2.36. The average Bonchev–Trinajstić information content (AvgIpc) is 3.21. The summed E-state index contributed by atoms with van der Waals surface area (Å²) < 4.78 is 11.5. The molecule has 2 aliphatic heterocycles. The molecule has 1 unspecified atom stereocenters. The summed E-state index contributed by atoms with van der Waals surface area (Å²) in [7, 11) is 0. The van der Waals surface area contributed by atoms with Crippen LogP contribution in [0.5, 0.6) is 0 Å². The van der Waals surface area contributed by atoms with Gasteiger partial charge in [0.2, 0.25) is 0 Å². The minimum Gasteiger partial charge on any atom is -0.381 e. The largest absolute Gasteiger partial charge is 0.381 e. The van der Waals surface area contributed by atoms with Gasteiger partial charge in [-0.05, 0) is 50.5 Å². The van der Waals surface area contributed by atoms with E-state index in [0.717, 1.165) is 39.0 Å². The third kappa shape index (κ3) is 4.65. The smallest absolute Gasteiger partial charge is 0.0702 e. The molecule has 0 amide bonds. The summed E-state index contributed by atoms with van der Waals surface area (Å²) in [5.74, 6) is 0. The van der Waals surface area contributed by atoms with Gasteiger partial charge in [0.1, 0.15) is 0 Å². The molecule has 1 aliphatic carbocycles. The van der Waals surface area contributed by atoms with E-state index < -0.39 is 0 Å². The third-order valence-corrected chi connectivity index (χ3v) is 5.39. The molecule has 21 heavy (non-hydrogen) atoms. The maximum absolute atomic E-state index is 5.83. The van der Waals surface area contributed by atoms with E-state index in [1.165, 1.54) is 51.6 Å². The molecule has 4 nitrogen and oxygen atoms in total. The number of likely N-dealkylation sites (N-methyl/N-ethyl adjacent to an activating group) is 1. The van der Waals surface area contributed by atoms with E-state index in [1.807, 2.05) is 0 Å². The Kier molecular flexibility index (Phi) is 5.54. The zero-order chi connectivity index (χ0) is 14.5. The monoisotopic (exact) mass is 296 g/mol. The Morgan fingerprint density at radius 2 is 1.95 bits per heavy atom. The van der Waals surface area contributed by atoms with Crippen LogP contribution in [0.25, 0.3) is 0 Å². The highest BCUT2D eigenvalue weighted by Crippen LogP contribution is 2.33. The molecular weight excluding hydrogens is 264 g/mol. The molecule has 3 aliphatic rings. The van der Waals surface area contributed by atoms with Crippen LogP contribution in [-0.2, 0) is 9.47 Å². The number of ether oxygens (including phenoxy) is 2. The summed E-state index contributed by atoms with van der Waals surface area (Å²) in [6.45, 7) is 9.73. The van der Waals surface area contributed by atoms with Crippen LogP contribution in [0.4, 0.5) is 0 Å². The van der Waals surface area contributed by atoms with Gasteiger partial charge < -0.3 is 19.7 Å². The summed E-state index contributed by atoms with van der Waals surface area (Å²) >= 11 is 0. The molecule has 4 heteroatoms. The molecule has 1 N–H and O–H groups in total. The fourth-order valence-corrected chi connectivity index (χ4v) is 3.70. The van der Waals surface area contributed by atoms with Gasteiger partial charge in [-0.2, -0.15) is 0 Å². The number of hydrogen-bond donors (Lipinski definition) is 1. The van der Waals surface area contributed by atoms with Gasteiger partial charge in [0.05, 0.1) is 6.10 Å². The molecule has 3 rings (SSSR count). The molecule has 1 saturated carbocycles. The minimum absolute atomic E-state index is 0.412. The van der Waals surface area contributed by atoms with Crippen LogP contribution in [0.15, 0.2) is 0 Å². The Balaban J connectivity index is 1.54. The van der Waals surface area contributed by atoms with E-state index in [-0.39, 0.29) is 0 Å². The van der Waals surface area contributed by atoms with E-state index >= 15 is 0 Å². The Labute approximate surface area is 129 Å². The second-order valence-corrected chi connectivity index (χ2v) is 7.23. The molecule has 0 aromatic carbocycles. The lowest BCUT2D eigenvalue weighted by atomic mass is 9.79. The molecule has 0 spiro atoms. The van der Waals surface area contributed by atoms with Gasteiger partial charge in [-0.3, -0.25) is 0 Å². The Bertz CT molecular complexity index is 308. The Morgan fingerprint density at radius 1 is 1.14 bits per heavy atom. The first kappa shape index (κ1) is 15.7. The summed E-state index contributed by atoms with van der Waals surface area (Å²) in [5, 5.41) is 3.78. The molecule has 122 valence electrons. The molecular formula is C17H32N2O2. The van der Waals surface area contributed by atoms with Crippen LogP contribution >= 0.6 is 0 Å². The summed E-state index contributed by atoms with van der Waals surface area (Å²) in [4.78, 5) is 2.62. The Morgan fingerprint density at radius 3 is 2.57 bits per heavy atom. The quantitative estimate of drug-likeness (QED) is 0.743. The molecule has 3 fully saturated rings. The summed E-state index contributed by atoms with van der Waals surface area (Å²) in [6, 6.07) is 0.804. The van der Waals surface area contributed by atoms with E-state index in [9.17, 15) is 0 Å². The van der Waals surface area contributed by atoms with E-state index in [4.69, 9.17) is 9.47 Å². The van der Waals surface area contributed by atoms with Crippen molar-refractivity contribution in [2.45, 2.75) is 57.6 Å². The standard InChI is InChI=1S/C17H32N2O2/c1-2-19(12-16-4-3-9-21-16)14-17(7-10-20-11-8-17)13-18-15-5-6-15/h15-16,18H,2-14H2,1H3. The first-order chi connectivity index (χ1) is 10.3. The topological polar surface area (TPSA) is 33.7 Å². The fourth-order valence-electron chi connectivity index (χ4n) is 3.70. The molecule has 0 aromatic rings.